The lowest BCUT2D eigenvalue weighted by Gasteiger charge is -2.33. The normalized spacial score (nSPS) is 21.0. The van der Waals surface area contributed by atoms with E-state index in [4.69, 9.17) is 4.74 Å². The van der Waals surface area contributed by atoms with Crippen LogP contribution < -0.4 is 9.75 Å². The van der Waals surface area contributed by atoms with Gasteiger partial charge in [0, 0.05) is 11.8 Å². The van der Waals surface area contributed by atoms with Crippen LogP contribution in [0.2, 0.25) is 0 Å². The zero-order chi connectivity index (χ0) is 20.6. The van der Waals surface area contributed by atoms with Gasteiger partial charge in [0.15, 0.2) is 0 Å². The van der Waals surface area contributed by atoms with Gasteiger partial charge in [0.25, 0.3) is 5.91 Å². The molecule has 0 saturated heterocycles. The molecule has 1 amide bonds. The molecule has 148 valence electrons. The van der Waals surface area contributed by atoms with Gasteiger partial charge < -0.3 is 4.74 Å². The Morgan fingerprint density at radius 1 is 1.10 bits per heavy atom. The predicted molar refractivity (Wildman–Crippen MR) is 103 cm³/mol. The Kier molecular flexibility index (Phi) is 4.70. The number of rotatable bonds is 3. The van der Waals surface area contributed by atoms with Crippen LogP contribution in [0.25, 0.3) is 0 Å². The summed E-state index contributed by atoms with van der Waals surface area (Å²) in [5.41, 5.74) is 0.282. The topological polar surface area (TPSA) is 54.3 Å². The van der Waals surface area contributed by atoms with E-state index < -0.39 is 23.7 Å². The summed E-state index contributed by atoms with van der Waals surface area (Å²) in [6, 6.07) is 10.9. The van der Waals surface area contributed by atoms with E-state index >= 15 is 0 Å². The van der Waals surface area contributed by atoms with Crippen molar-refractivity contribution in [3.05, 3.63) is 71.8 Å². The average Bonchev–Trinajstić information content (AvgIpc) is 2.74. The van der Waals surface area contributed by atoms with Gasteiger partial charge in [0.05, 0.1) is 30.0 Å². The van der Waals surface area contributed by atoms with E-state index in [1.807, 2.05) is 0 Å². The fourth-order valence-electron chi connectivity index (χ4n) is 3.32. The number of hydrogen-bond donors (Lipinski definition) is 0. The smallest absolute Gasteiger partial charge is 0.416 e. The van der Waals surface area contributed by atoms with Gasteiger partial charge in [-0.1, -0.05) is 18.2 Å². The molecule has 2 aliphatic heterocycles. The molecule has 2 aromatic carbocycles. The van der Waals surface area contributed by atoms with Gasteiger partial charge in [0.2, 0.25) is 0 Å². The third-order valence-electron chi connectivity index (χ3n) is 4.78. The third-order valence-corrected chi connectivity index (χ3v) is 4.78. The molecule has 0 aromatic heterocycles. The minimum absolute atomic E-state index is 0.272. The van der Waals surface area contributed by atoms with E-state index in [1.165, 1.54) is 24.4 Å². The summed E-state index contributed by atoms with van der Waals surface area (Å²) in [6.45, 7) is 0. The molecule has 2 heterocycles. The zero-order valence-corrected chi connectivity index (χ0v) is 15.3. The molecule has 2 aliphatic rings. The van der Waals surface area contributed by atoms with Crippen LogP contribution in [0.4, 0.5) is 18.9 Å². The fourth-order valence-corrected chi connectivity index (χ4v) is 3.32. The molecule has 5 nitrogen and oxygen atoms in total. The van der Waals surface area contributed by atoms with Crippen molar-refractivity contribution in [3.63, 3.8) is 0 Å². The van der Waals surface area contributed by atoms with Gasteiger partial charge in [-0.05, 0) is 42.5 Å². The van der Waals surface area contributed by atoms with Crippen LogP contribution in [-0.2, 0) is 11.0 Å². The molecule has 4 rings (SSSR count). The molecular weight excluding hydrogens is 383 g/mol. The molecule has 0 spiro atoms. The number of carbonyl (C=O) groups is 1. The number of ether oxygens (including phenoxy) is 1. The van der Waals surface area contributed by atoms with Crippen molar-refractivity contribution in [1.82, 2.24) is 0 Å². The summed E-state index contributed by atoms with van der Waals surface area (Å²) in [5.74, 6) is -0.339. The standard InChI is InChI=1S/C21H16F3N3O2/c1-29-16-9-7-15(8-10-16)27-20(28)17-6-3-11-25-19(17)18(26-27)13-4-2-5-14(12-13)21(22,23)24/h2-12,17,19H,1H3. The first kappa shape index (κ1) is 18.9. The van der Waals surface area contributed by atoms with Crippen molar-refractivity contribution >= 4 is 23.5 Å². The summed E-state index contributed by atoms with van der Waals surface area (Å²) in [4.78, 5) is 17.3. The van der Waals surface area contributed by atoms with Crippen molar-refractivity contribution in [2.45, 2.75) is 12.2 Å². The Hall–Kier alpha value is -3.42. The summed E-state index contributed by atoms with van der Waals surface area (Å²) in [7, 11) is 1.53. The quantitative estimate of drug-likeness (QED) is 0.781. The summed E-state index contributed by atoms with van der Waals surface area (Å²) < 4.78 is 44.7. The van der Waals surface area contributed by atoms with E-state index in [-0.39, 0.29) is 11.5 Å². The first-order valence-electron chi connectivity index (χ1n) is 8.82. The lowest BCUT2D eigenvalue weighted by atomic mass is 9.87. The number of carbonyl (C=O) groups excluding carboxylic acids is 1. The van der Waals surface area contributed by atoms with Crippen LogP contribution in [0.3, 0.4) is 0 Å². The van der Waals surface area contributed by atoms with Crippen molar-refractivity contribution in [2.24, 2.45) is 16.0 Å². The maximum Gasteiger partial charge on any atom is 0.416 e. The van der Waals surface area contributed by atoms with Crippen LogP contribution in [-0.4, -0.2) is 31.0 Å². The molecule has 0 saturated carbocycles. The van der Waals surface area contributed by atoms with Crippen LogP contribution >= 0.6 is 0 Å². The average molecular weight is 399 g/mol. The first-order chi connectivity index (χ1) is 13.9. The third kappa shape index (κ3) is 3.53. The van der Waals surface area contributed by atoms with Crippen molar-refractivity contribution in [3.8, 4) is 5.75 Å². The molecular formula is C21H16F3N3O2. The highest BCUT2D eigenvalue weighted by molar-refractivity contribution is 6.14. The number of anilines is 1. The second-order valence-electron chi connectivity index (χ2n) is 6.57. The minimum atomic E-state index is -4.48. The first-order valence-corrected chi connectivity index (χ1v) is 8.82. The van der Waals surface area contributed by atoms with Crippen LogP contribution in [0.1, 0.15) is 11.1 Å². The molecule has 0 aliphatic carbocycles. The number of benzene rings is 2. The summed E-state index contributed by atoms with van der Waals surface area (Å²) >= 11 is 0. The molecule has 0 fully saturated rings. The fraction of sp³-hybridized carbons (Fsp3) is 0.190. The summed E-state index contributed by atoms with van der Waals surface area (Å²) in [6.07, 6.45) is 0.394. The number of fused-ring (bicyclic) bond motifs is 1. The zero-order valence-electron chi connectivity index (χ0n) is 15.3. The highest BCUT2D eigenvalue weighted by atomic mass is 19.4. The van der Waals surface area contributed by atoms with E-state index in [0.717, 1.165) is 12.1 Å². The molecule has 8 heteroatoms. The number of dihydropyridines is 1. The van der Waals surface area contributed by atoms with E-state index in [9.17, 15) is 18.0 Å². The molecule has 29 heavy (non-hydrogen) atoms. The van der Waals surface area contributed by atoms with Crippen molar-refractivity contribution < 1.29 is 22.7 Å². The lowest BCUT2D eigenvalue weighted by molar-refractivity contribution is -0.137. The van der Waals surface area contributed by atoms with Gasteiger partial charge in [-0.25, -0.2) is 0 Å². The highest BCUT2D eigenvalue weighted by Crippen LogP contribution is 2.33. The minimum Gasteiger partial charge on any atom is -0.497 e. The Bertz CT molecular complexity index is 1030. The van der Waals surface area contributed by atoms with Gasteiger partial charge in [0.1, 0.15) is 11.8 Å². The maximum absolute atomic E-state index is 13.2. The SMILES string of the molecule is COc1ccc(N2N=C(c3cccc(C(F)(F)F)c3)C3N=CC=CC3C2=O)cc1. The van der Waals surface area contributed by atoms with Crippen molar-refractivity contribution in [1.29, 1.82) is 0 Å². The highest BCUT2D eigenvalue weighted by Gasteiger charge is 2.40. The predicted octanol–water partition coefficient (Wildman–Crippen LogP) is 4.09. The number of aliphatic imine (C=N–C) groups is 1. The van der Waals surface area contributed by atoms with Crippen molar-refractivity contribution in [2.75, 3.05) is 12.1 Å². The van der Waals surface area contributed by atoms with Crippen LogP contribution in [0, 0.1) is 5.92 Å². The number of amides is 1. The number of halogens is 3. The van der Waals surface area contributed by atoms with E-state index in [1.54, 1.807) is 42.5 Å². The van der Waals surface area contributed by atoms with Crippen LogP contribution in [0.15, 0.2) is 70.8 Å². The van der Waals surface area contributed by atoms with E-state index in [0.29, 0.717) is 17.1 Å². The Labute approximate surface area is 164 Å². The molecule has 0 bridgehead atoms. The van der Waals surface area contributed by atoms with Gasteiger partial charge in [-0.2, -0.15) is 23.3 Å². The number of hydrazone groups is 1. The van der Waals surface area contributed by atoms with E-state index in [2.05, 4.69) is 10.1 Å². The van der Waals surface area contributed by atoms with Gasteiger partial charge in [-0.15, -0.1) is 0 Å². The monoisotopic (exact) mass is 399 g/mol. The number of hydrogen-bond acceptors (Lipinski definition) is 4. The van der Waals surface area contributed by atoms with Crippen LogP contribution in [0.5, 0.6) is 5.75 Å². The largest absolute Gasteiger partial charge is 0.497 e. The number of alkyl halides is 3. The molecule has 2 aromatic rings. The number of nitrogens with zero attached hydrogens (tertiary/aromatic N) is 3. The van der Waals surface area contributed by atoms with Gasteiger partial charge >= 0.3 is 6.18 Å². The molecule has 0 radical (unpaired) electrons. The second-order valence-corrected chi connectivity index (χ2v) is 6.57. The Morgan fingerprint density at radius 3 is 2.55 bits per heavy atom. The Morgan fingerprint density at radius 2 is 1.86 bits per heavy atom. The molecule has 2 unspecified atom stereocenters. The maximum atomic E-state index is 13.2. The number of allylic oxidation sites excluding steroid dienone is 1. The van der Waals surface area contributed by atoms with Gasteiger partial charge in [-0.3, -0.25) is 9.79 Å². The summed E-state index contributed by atoms with van der Waals surface area (Å²) in [5, 5.41) is 5.62. The molecule has 0 N–H and O–H groups in total. The lowest BCUT2D eigenvalue weighted by Crippen LogP contribution is -2.47. The Balaban J connectivity index is 1.82. The number of methoxy groups -OCH3 is 1. The molecule has 2 atom stereocenters. The second kappa shape index (κ2) is 7.20.